The normalized spacial score (nSPS) is 27.1. The van der Waals surface area contributed by atoms with Gasteiger partial charge in [-0.25, -0.2) is 0 Å². The van der Waals surface area contributed by atoms with Gasteiger partial charge in [0, 0.05) is 19.1 Å². The second-order valence-electron chi connectivity index (χ2n) is 7.68. The summed E-state index contributed by atoms with van der Waals surface area (Å²) < 4.78 is 0. The first kappa shape index (κ1) is 15.7. The average Bonchev–Trinajstić information content (AvgIpc) is 3.33. The van der Waals surface area contributed by atoms with Crippen LogP contribution in [0.3, 0.4) is 0 Å². The van der Waals surface area contributed by atoms with Gasteiger partial charge in [-0.05, 0) is 51.0 Å². The Morgan fingerprint density at radius 2 is 1.79 bits per heavy atom. The summed E-state index contributed by atoms with van der Waals surface area (Å²) >= 11 is 0. The van der Waals surface area contributed by atoms with Crippen LogP contribution in [0.4, 0.5) is 0 Å². The highest BCUT2D eigenvalue weighted by molar-refractivity contribution is 5.93. The minimum atomic E-state index is -0.539. The van der Waals surface area contributed by atoms with Crippen molar-refractivity contribution in [3.8, 4) is 0 Å². The van der Waals surface area contributed by atoms with Crippen molar-refractivity contribution in [2.75, 3.05) is 13.1 Å². The smallest absolute Gasteiger partial charge is 0.248 e. The molecule has 0 bridgehead atoms. The molecular weight excluding hydrogens is 300 g/mol. The Balaban J connectivity index is 1.54. The maximum Gasteiger partial charge on any atom is 0.248 e. The van der Waals surface area contributed by atoms with Crippen molar-refractivity contribution in [3.05, 3.63) is 35.4 Å². The van der Waals surface area contributed by atoms with Crippen LogP contribution in [0.1, 0.15) is 49.7 Å². The second kappa shape index (κ2) is 5.91. The predicted octanol–water partition coefficient (Wildman–Crippen LogP) is 2.68. The third-order valence-corrected chi connectivity index (χ3v) is 5.90. The molecule has 2 amide bonds. The number of amides is 2. The van der Waals surface area contributed by atoms with Gasteiger partial charge in [-0.3, -0.25) is 9.59 Å². The lowest BCUT2D eigenvalue weighted by Gasteiger charge is -2.44. The number of hydrogen-bond donors (Lipinski definition) is 0. The Morgan fingerprint density at radius 3 is 2.46 bits per heavy atom. The Morgan fingerprint density at radius 1 is 1.12 bits per heavy atom. The first-order valence-corrected chi connectivity index (χ1v) is 9.27. The number of aryl methyl sites for hydroxylation is 1. The van der Waals surface area contributed by atoms with Gasteiger partial charge in [0.15, 0.2) is 0 Å². The lowest BCUT2D eigenvalue weighted by Crippen LogP contribution is -2.62. The number of nitrogens with zero attached hydrogens (tertiary/aromatic N) is 2. The summed E-state index contributed by atoms with van der Waals surface area (Å²) in [7, 11) is 0. The zero-order valence-corrected chi connectivity index (χ0v) is 14.5. The molecule has 4 rings (SSSR count). The van der Waals surface area contributed by atoms with E-state index in [2.05, 4.69) is 4.90 Å². The fourth-order valence-electron chi connectivity index (χ4n) is 4.45. The fraction of sp³-hybridized carbons (Fsp3) is 0.600. The Hall–Kier alpha value is -1.84. The molecule has 4 nitrogen and oxygen atoms in total. The van der Waals surface area contributed by atoms with Crippen molar-refractivity contribution >= 4 is 11.8 Å². The van der Waals surface area contributed by atoms with Crippen molar-refractivity contribution in [2.45, 2.75) is 63.5 Å². The Bertz CT molecular complexity index is 650. The van der Waals surface area contributed by atoms with Gasteiger partial charge >= 0.3 is 0 Å². The molecule has 2 heterocycles. The van der Waals surface area contributed by atoms with E-state index in [0.29, 0.717) is 12.5 Å². The molecule has 1 aromatic carbocycles. The van der Waals surface area contributed by atoms with Gasteiger partial charge in [0.2, 0.25) is 11.8 Å². The lowest BCUT2D eigenvalue weighted by atomic mass is 9.85. The quantitative estimate of drug-likeness (QED) is 0.857. The zero-order valence-electron chi connectivity index (χ0n) is 14.5. The number of likely N-dealkylation sites (tertiary alicyclic amines) is 2. The summed E-state index contributed by atoms with van der Waals surface area (Å²) in [6.45, 7) is 3.66. The molecule has 1 aliphatic carbocycles. The van der Waals surface area contributed by atoms with Crippen molar-refractivity contribution in [1.29, 1.82) is 0 Å². The molecule has 2 aliphatic heterocycles. The molecule has 4 heteroatoms. The maximum atomic E-state index is 13.2. The molecule has 0 N–H and O–H groups in total. The minimum Gasteiger partial charge on any atom is -0.338 e. The first-order valence-electron chi connectivity index (χ1n) is 9.27. The molecule has 1 spiro atoms. The number of hydrogen-bond acceptors (Lipinski definition) is 2. The number of piperidine rings is 1. The Kier molecular flexibility index (Phi) is 3.86. The van der Waals surface area contributed by atoms with Crippen molar-refractivity contribution in [2.24, 2.45) is 0 Å². The molecule has 1 atom stereocenters. The van der Waals surface area contributed by atoms with Gasteiger partial charge in [0.25, 0.3) is 0 Å². The molecule has 1 unspecified atom stereocenters. The van der Waals surface area contributed by atoms with Crippen molar-refractivity contribution in [1.82, 2.24) is 9.80 Å². The molecule has 24 heavy (non-hydrogen) atoms. The third kappa shape index (κ3) is 2.62. The zero-order chi connectivity index (χ0) is 16.7. The highest BCUT2D eigenvalue weighted by atomic mass is 16.2. The van der Waals surface area contributed by atoms with Crippen LogP contribution in [0.5, 0.6) is 0 Å². The molecular formula is C20H26N2O2. The SMILES string of the molecule is Cc1ccc(CC(=O)N2CCCC23CCCN(C2CC2)C3=O)cc1. The van der Waals surface area contributed by atoms with Gasteiger partial charge in [0.1, 0.15) is 5.54 Å². The van der Waals surface area contributed by atoms with E-state index in [9.17, 15) is 9.59 Å². The molecule has 0 radical (unpaired) electrons. The van der Waals surface area contributed by atoms with E-state index in [0.717, 1.165) is 57.2 Å². The van der Waals surface area contributed by atoms with Gasteiger partial charge < -0.3 is 9.80 Å². The van der Waals surface area contributed by atoms with E-state index < -0.39 is 5.54 Å². The van der Waals surface area contributed by atoms with E-state index in [1.807, 2.05) is 36.1 Å². The van der Waals surface area contributed by atoms with Gasteiger partial charge in [-0.1, -0.05) is 29.8 Å². The first-order chi connectivity index (χ1) is 11.6. The summed E-state index contributed by atoms with van der Waals surface area (Å²) in [5.74, 6) is 0.341. The summed E-state index contributed by atoms with van der Waals surface area (Å²) in [6, 6.07) is 8.58. The predicted molar refractivity (Wildman–Crippen MR) is 92.5 cm³/mol. The van der Waals surface area contributed by atoms with Crippen LogP contribution in [-0.4, -0.2) is 46.3 Å². The highest BCUT2D eigenvalue weighted by Gasteiger charge is 2.54. The van der Waals surface area contributed by atoms with Crippen LogP contribution >= 0.6 is 0 Å². The van der Waals surface area contributed by atoms with Gasteiger partial charge in [0.05, 0.1) is 6.42 Å². The molecule has 128 valence electrons. The van der Waals surface area contributed by atoms with Crippen LogP contribution in [0.15, 0.2) is 24.3 Å². The second-order valence-corrected chi connectivity index (χ2v) is 7.68. The number of rotatable bonds is 3. The van der Waals surface area contributed by atoms with Crippen molar-refractivity contribution < 1.29 is 9.59 Å². The summed E-state index contributed by atoms with van der Waals surface area (Å²) in [4.78, 5) is 30.1. The largest absolute Gasteiger partial charge is 0.338 e. The summed E-state index contributed by atoms with van der Waals surface area (Å²) in [5, 5.41) is 0. The topological polar surface area (TPSA) is 40.6 Å². The van der Waals surface area contributed by atoms with Gasteiger partial charge in [-0.2, -0.15) is 0 Å². The molecule has 1 aromatic rings. The summed E-state index contributed by atoms with van der Waals surface area (Å²) in [5.41, 5.74) is 1.70. The van der Waals surface area contributed by atoms with Crippen LogP contribution in [0, 0.1) is 6.92 Å². The number of carbonyl (C=O) groups excluding carboxylic acids is 2. The Labute approximate surface area is 143 Å². The molecule has 3 fully saturated rings. The fourth-order valence-corrected chi connectivity index (χ4v) is 4.45. The van der Waals surface area contributed by atoms with E-state index in [1.165, 1.54) is 5.56 Å². The van der Waals surface area contributed by atoms with E-state index in [4.69, 9.17) is 0 Å². The van der Waals surface area contributed by atoms with Crippen LogP contribution < -0.4 is 0 Å². The lowest BCUT2D eigenvalue weighted by molar-refractivity contribution is -0.155. The number of benzene rings is 1. The molecule has 3 aliphatic rings. The van der Waals surface area contributed by atoms with Crippen LogP contribution in [0.25, 0.3) is 0 Å². The third-order valence-electron chi connectivity index (χ3n) is 5.90. The van der Waals surface area contributed by atoms with Crippen molar-refractivity contribution in [3.63, 3.8) is 0 Å². The number of carbonyl (C=O) groups is 2. The van der Waals surface area contributed by atoms with E-state index in [-0.39, 0.29) is 11.8 Å². The molecule has 2 saturated heterocycles. The maximum absolute atomic E-state index is 13.2. The molecule has 0 aromatic heterocycles. The monoisotopic (exact) mass is 326 g/mol. The summed E-state index contributed by atoms with van der Waals surface area (Å²) in [6.07, 6.45) is 6.33. The van der Waals surface area contributed by atoms with E-state index >= 15 is 0 Å². The van der Waals surface area contributed by atoms with E-state index in [1.54, 1.807) is 0 Å². The average molecular weight is 326 g/mol. The van der Waals surface area contributed by atoms with Gasteiger partial charge in [-0.15, -0.1) is 0 Å². The highest BCUT2D eigenvalue weighted by Crippen LogP contribution is 2.42. The van der Waals surface area contributed by atoms with Crippen LogP contribution in [-0.2, 0) is 16.0 Å². The minimum absolute atomic E-state index is 0.113. The molecule has 1 saturated carbocycles. The standard InChI is InChI=1S/C20H26N2O2/c1-15-4-6-16(7-5-15)14-18(23)22-13-3-11-20(22)10-2-12-21(19(20)24)17-8-9-17/h4-7,17H,2-3,8-14H2,1H3. The van der Waals surface area contributed by atoms with Crippen LogP contribution in [0.2, 0.25) is 0 Å².